The van der Waals surface area contributed by atoms with Gasteiger partial charge >= 0.3 is 5.97 Å². The minimum absolute atomic E-state index is 0.160. The highest BCUT2D eigenvalue weighted by Gasteiger charge is 2.38. The van der Waals surface area contributed by atoms with Crippen molar-refractivity contribution in [3.8, 4) is 0 Å². The first kappa shape index (κ1) is 13.5. The number of aromatic amines is 1. The maximum atomic E-state index is 11.6. The zero-order valence-electron chi connectivity index (χ0n) is 10.9. The lowest BCUT2D eigenvalue weighted by Gasteiger charge is -2.22. The van der Waals surface area contributed by atoms with Crippen LogP contribution < -0.4 is 10.5 Å². The van der Waals surface area contributed by atoms with E-state index < -0.39 is 12.0 Å². The fourth-order valence-electron chi connectivity index (χ4n) is 2.26. The topological polar surface area (TPSA) is 95.5 Å². The molecule has 1 aromatic rings. The maximum Gasteiger partial charge on any atom is 0.326 e. The fraction of sp³-hybridized carbons (Fsp3) is 0.583. The molecule has 19 heavy (non-hydrogen) atoms. The Balaban J connectivity index is 2.36. The van der Waals surface area contributed by atoms with Gasteiger partial charge in [0.15, 0.2) is 0 Å². The number of H-pyrrole nitrogens is 1. The third-order valence-electron chi connectivity index (χ3n) is 3.29. The van der Waals surface area contributed by atoms with Crippen molar-refractivity contribution in [2.24, 2.45) is 0 Å². The van der Waals surface area contributed by atoms with Gasteiger partial charge in [-0.1, -0.05) is 6.92 Å². The van der Waals surface area contributed by atoms with Gasteiger partial charge in [-0.3, -0.25) is 4.79 Å². The number of aromatic nitrogens is 2. The summed E-state index contributed by atoms with van der Waals surface area (Å²) in [6, 6.07) is 0.622. The van der Waals surface area contributed by atoms with E-state index in [0.717, 1.165) is 0 Å². The number of carboxylic acids is 1. The molecule has 7 nitrogen and oxygen atoms in total. The molecule has 2 heterocycles. The predicted octanol–water partition coefficient (Wildman–Crippen LogP) is 0.0106. The van der Waals surface area contributed by atoms with E-state index in [0.29, 0.717) is 31.0 Å². The Kier molecular flexibility index (Phi) is 3.84. The number of ether oxygens (including phenoxy) is 1. The normalized spacial score (nSPS) is 22.7. The van der Waals surface area contributed by atoms with E-state index in [1.807, 2.05) is 6.92 Å². The summed E-state index contributed by atoms with van der Waals surface area (Å²) in [5, 5.41) is 9.24. The van der Waals surface area contributed by atoms with Crippen LogP contribution in [0.5, 0.6) is 0 Å². The second kappa shape index (κ2) is 5.40. The van der Waals surface area contributed by atoms with Crippen LogP contribution >= 0.6 is 0 Å². The van der Waals surface area contributed by atoms with Gasteiger partial charge in [-0.2, -0.15) is 0 Å². The summed E-state index contributed by atoms with van der Waals surface area (Å²) in [6.45, 7) is 2.30. The van der Waals surface area contributed by atoms with Crippen LogP contribution in [0.3, 0.4) is 0 Å². The van der Waals surface area contributed by atoms with Gasteiger partial charge in [-0.05, 0) is 0 Å². The number of hydrogen-bond acceptors (Lipinski definition) is 5. The van der Waals surface area contributed by atoms with E-state index in [4.69, 9.17) is 4.74 Å². The van der Waals surface area contributed by atoms with Gasteiger partial charge in [0.2, 0.25) is 0 Å². The highest BCUT2D eigenvalue weighted by atomic mass is 16.5. The molecule has 2 rings (SSSR count). The Morgan fingerprint density at radius 2 is 2.42 bits per heavy atom. The minimum atomic E-state index is -0.931. The van der Waals surface area contributed by atoms with Crippen LogP contribution in [0.2, 0.25) is 0 Å². The summed E-state index contributed by atoms with van der Waals surface area (Å²) in [6.07, 6.45) is 0.816. The summed E-state index contributed by atoms with van der Waals surface area (Å²) in [4.78, 5) is 31.3. The number of carboxylic acid groups (broad SMARTS) is 1. The molecule has 0 bridgehead atoms. The Labute approximate surface area is 110 Å². The molecule has 2 N–H and O–H groups in total. The van der Waals surface area contributed by atoms with Gasteiger partial charge in [-0.15, -0.1) is 0 Å². The molecule has 0 amide bonds. The number of nitrogens with one attached hydrogen (secondary N) is 1. The van der Waals surface area contributed by atoms with Crippen molar-refractivity contribution in [2.45, 2.75) is 31.9 Å². The number of nitrogens with zero attached hydrogens (tertiary/aromatic N) is 2. The van der Waals surface area contributed by atoms with Gasteiger partial charge in [-0.25, -0.2) is 9.78 Å². The number of methoxy groups -OCH3 is 1. The van der Waals surface area contributed by atoms with Crippen LogP contribution in [0, 0.1) is 0 Å². The summed E-state index contributed by atoms with van der Waals surface area (Å²) >= 11 is 0. The standard InChI is InChI=1S/C12H17N3O4/c1-3-9-13-10(5-11(16)14-9)15-6-7(19-2)4-8(15)12(17)18/h5,7-8H,3-4,6H2,1-2H3,(H,17,18)(H,13,14,16). The number of hydrogen-bond donors (Lipinski definition) is 2. The van der Waals surface area contributed by atoms with Crippen LogP contribution in [0.25, 0.3) is 0 Å². The first-order valence-electron chi connectivity index (χ1n) is 6.17. The molecule has 104 valence electrons. The molecule has 1 aromatic heterocycles. The van der Waals surface area contributed by atoms with Crippen LogP contribution in [-0.4, -0.2) is 46.8 Å². The molecule has 0 spiro atoms. The van der Waals surface area contributed by atoms with E-state index in [1.165, 1.54) is 6.07 Å². The second-order valence-corrected chi connectivity index (χ2v) is 4.50. The average Bonchev–Trinajstić information content (AvgIpc) is 2.82. The summed E-state index contributed by atoms with van der Waals surface area (Å²) in [7, 11) is 1.55. The van der Waals surface area contributed by atoms with Crippen LogP contribution in [-0.2, 0) is 16.0 Å². The van der Waals surface area contributed by atoms with E-state index in [1.54, 1.807) is 12.0 Å². The first-order valence-corrected chi connectivity index (χ1v) is 6.17. The molecule has 1 saturated heterocycles. The van der Waals surface area contributed by atoms with Crippen LogP contribution in [0.15, 0.2) is 10.9 Å². The van der Waals surface area contributed by atoms with E-state index >= 15 is 0 Å². The molecule has 1 aliphatic heterocycles. The van der Waals surface area contributed by atoms with Gasteiger partial charge in [0.25, 0.3) is 5.56 Å². The third kappa shape index (κ3) is 2.76. The SMILES string of the molecule is CCc1nc(N2CC(OC)CC2C(=O)O)cc(=O)[nH]1. The zero-order valence-corrected chi connectivity index (χ0v) is 10.9. The molecule has 0 radical (unpaired) electrons. The van der Waals surface area contributed by atoms with Crippen LogP contribution in [0.1, 0.15) is 19.2 Å². The molecular formula is C12H17N3O4. The largest absolute Gasteiger partial charge is 0.480 e. The zero-order chi connectivity index (χ0) is 14.0. The lowest BCUT2D eigenvalue weighted by Crippen LogP contribution is -2.37. The molecule has 1 aliphatic rings. The number of rotatable bonds is 4. The van der Waals surface area contributed by atoms with Crippen molar-refractivity contribution in [1.29, 1.82) is 0 Å². The number of aliphatic carboxylic acids is 1. The minimum Gasteiger partial charge on any atom is -0.480 e. The van der Waals surface area contributed by atoms with Crippen molar-refractivity contribution >= 4 is 11.8 Å². The highest BCUT2D eigenvalue weighted by molar-refractivity contribution is 5.78. The summed E-state index contributed by atoms with van der Waals surface area (Å²) < 4.78 is 5.21. The van der Waals surface area contributed by atoms with Crippen molar-refractivity contribution < 1.29 is 14.6 Å². The Morgan fingerprint density at radius 1 is 1.68 bits per heavy atom. The lowest BCUT2D eigenvalue weighted by atomic mass is 10.2. The quantitative estimate of drug-likeness (QED) is 0.798. The molecular weight excluding hydrogens is 250 g/mol. The molecule has 0 saturated carbocycles. The third-order valence-corrected chi connectivity index (χ3v) is 3.29. The maximum absolute atomic E-state index is 11.6. The summed E-state index contributed by atoms with van der Waals surface area (Å²) in [5.74, 6) is 0.0136. The Morgan fingerprint density at radius 3 is 3.00 bits per heavy atom. The molecule has 2 atom stereocenters. The van der Waals surface area contributed by atoms with E-state index in [9.17, 15) is 14.7 Å². The number of anilines is 1. The number of carbonyl (C=O) groups is 1. The molecule has 0 aromatic carbocycles. The van der Waals surface area contributed by atoms with Gasteiger partial charge in [0, 0.05) is 32.6 Å². The van der Waals surface area contributed by atoms with Gasteiger partial charge in [0.05, 0.1) is 6.10 Å². The van der Waals surface area contributed by atoms with E-state index in [-0.39, 0.29) is 11.7 Å². The predicted molar refractivity (Wildman–Crippen MR) is 68.4 cm³/mol. The Hall–Kier alpha value is -1.89. The van der Waals surface area contributed by atoms with Gasteiger partial charge < -0.3 is 19.7 Å². The average molecular weight is 267 g/mol. The van der Waals surface area contributed by atoms with Crippen molar-refractivity contribution in [3.63, 3.8) is 0 Å². The fourth-order valence-corrected chi connectivity index (χ4v) is 2.26. The lowest BCUT2D eigenvalue weighted by molar-refractivity contribution is -0.138. The first-order chi connectivity index (χ1) is 9.05. The Bertz CT molecular complexity index is 528. The van der Waals surface area contributed by atoms with Crippen molar-refractivity contribution in [1.82, 2.24) is 9.97 Å². The van der Waals surface area contributed by atoms with Gasteiger partial charge in [0.1, 0.15) is 17.7 Å². The van der Waals surface area contributed by atoms with Crippen LogP contribution in [0.4, 0.5) is 5.82 Å². The highest BCUT2D eigenvalue weighted by Crippen LogP contribution is 2.25. The molecule has 1 fully saturated rings. The molecule has 7 heteroatoms. The molecule has 0 aliphatic carbocycles. The van der Waals surface area contributed by atoms with Crippen molar-refractivity contribution in [2.75, 3.05) is 18.6 Å². The second-order valence-electron chi connectivity index (χ2n) is 4.50. The van der Waals surface area contributed by atoms with E-state index in [2.05, 4.69) is 9.97 Å². The smallest absolute Gasteiger partial charge is 0.326 e. The monoisotopic (exact) mass is 267 g/mol. The van der Waals surface area contributed by atoms with Crippen molar-refractivity contribution in [3.05, 3.63) is 22.2 Å². The molecule has 2 unspecified atom stereocenters. The summed E-state index contributed by atoms with van der Waals surface area (Å²) in [5.41, 5.74) is -0.271. The number of aryl methyl sites for hydroxylation is 1.